The van der Waals surface area contributed by atoms with Gasteiger partial charge in [0.15, 0.2) is 11.5 Å². The van der Waals surface area contributed by atoms with E-state index in [4.69, 9.17) is 9.47 Å². The number of ether oxygens (including phenoxy) is 2. The summed E-state index contributed by atoms with van der Waals surface area (Å²) in [6, 6.07) is 12.6. The molecule has 0 saturated heterocycles. The number of hydrogen-bond acceptors (Lipinski definition) is 3. The summed E-state index contributed by atoms with van der Waals surface area (Å²) in [7, 11) is 1.64. The third-order valence-corrected chi connectivity index (χ3v) is 4.75. The van der Waals surface area contributed by atoms with Crippen LogP contribution >= 0.6 is 12.4 Å². The van der Waals surface area contributed by atoms with Crippen LogP contribution in [0.15, 0.2) is 42.5 Å². The molecule has 26 heavy (non-hydrogen) atoms. The summed E-state index contributed by atoms with van der Waals surface area (Å²) in [5.74, 6) is 1.32. The van der Waals surface area contributed by atoms with Gasteiger partial charge in [-0.25, -0.2) is 4.39 Å². The van der Waals surface area contributed by atoms with Crippen molar-refractivity contribution in [2.75, 3.05) is 26.8 Å². The van der Waals surface area contributed by atoms with Crippen LogP contribution in [0.5, 0.6) is 11.5 Å². The van der Waals surface area contributed by atoms with Gasteiger partial charge in [0.1, 0.15) is 12.4 Å². The molecule has 138 valence electrons. The highest BCUT2D eigenvalue weighted by atomic mass is 35.5. The summed E-state index contributed by atoms with van der Waals surface area (Å²) in [5.41, 5.74) is 3.44. The Morgan fingerprint density at radius 3 is 2.77 bits per heavy atom. The lowest BCUT2D eigenvalue weighted by molar-refractivity contribution is 0.193. The molecule has 0 bridgehead atoms. The topological polar surface area (TPSA) is 37.5 Å². The van der Waals surface area contributed by atoms with E-state index in [2.05, 4.69) is 9.88 Å². The average molecular weight is 377 g/mol. The molecule has 0 atom stereocenters. The number of H-pyrrole nitrogens is 1. The monoisotopic (exact) mass is 376 g/mol. The van der Waals surface area contributed by atoms with Crippen LogP contribution in [-0.4, -0.2) is 36.7 Å². The molecule has 6 heteroatoms. The molecule has 1 N–H and O–H groups in total. The van der Waals surface area contributed by atoms with Crippen LogP contribution in [0.25, 0.3) is 10.9 Å². The molecule has 1 aromatic heterocycles. The molecule has 2 heterocycles. The highest BCUT2D eigenvalue weighted by molar-refractivity contribution is 5.85. The number of benzene rings is 2. The van der Waals surface area contributed by atoms with Crippen molar-refractivity contribution in [3.8, 4) is 11.5 Å². The zero-order valence-electron chi connectivity index (χ0n) is 14.6. The van der Waals surface area contributed by atoms with Crippen LogP contribution in [0.4, 0.5) is 4.39 Å². The fraction of sp³-hybridized carbons (Fsp3) is 0.300. The summed E-state index contributed by atoms with van der Waals surface area (Å²) < 4.78 is 24.8. The number of aromatic amines is 1. The second kappa shape index (κ2) is 7.98. The van der Waals surface area contributed by atoms with E-state index in [0.717, 1.165) is 48.5 Å². The second-order valence-electron chi connectivity index (χ2n) is 6.30. The van der Waals surface area contributed by atoms with Crippen molar-refractivity contribution in [3.63, 3.8) is 0 Å². The number of rotatable bonds is 5. The van der Waals surface area contributed by atoms with Gasteiger partial charge in [0.25, 0.3) is 0 Å². The van der Waals surface area contributed by atoms with E-state index >= 15 is 0 Å². The predicted molar refractivity (Wildman–Crippen MR) is 103 cm³/mol. The number of methoxy groups -OCH3 is 1. The standard InChI is InChI=1S/C20H21FN2O2.ClH/c1-24-19-4-2-3-5-20(19)25-11-10-23-9-8-18-16(13-23)15-12-14(21)6-7-17(15)22-18;/h2-7,12,22H,8-11,13H2,1H3;1H. The largest absolute Gasteiger partial charge is 0.493 e. The Morgan fingerprint density at radius 2 is 1.96 bits per heavy atom. The third-order valence-electron chi connectivity index (χ3n) is 4.75. The van der Waals surface area contributed by atoms with Crippen molar-refractivity contribution in [1.82, 2.24) is 9.88 Å². The molecule has 0 amide bonds. The molecule has 4 nitrogen and oxygen atoms in total. The number of nitrogens with zero attached hydrogens (tertiary/aromatic N) is 1. The van der Waals surface area contributed by atoms with Crippen LogP contribution < -0.4 is 9.47 Å². The lowest BCUT2D eigenvalue weighted by Gasteiger charge is -2.27. The molecular weight excluding hydrogens is 355 g/mol. The number of fused-ring (bicyclic) bond motifs is 3. The van der Waals surface area contributed by atoms with E-state index in [1.54, 1.807) is 13.2 Å². The van der Waals surface area contributed by atoms with E-state index in [-0.39, 0.29) is 18.2 Å². The number of para-hydroxylation sites is 2. The minimum absolute atomic E-state index is 0. The van der Waals surface area contributed by atoms with Crippen molar-refractivity contribution in [2.45, 2.75) is 13.0 Å². The maximum atomic E-state index is 13.6. The van der Waals surface area contributed by atoms with Crippen LogP contribution in [-0.2, 0) is 13.0 Å². The molecule has 1 aliphatic heterocycles. The van der Waals surface area contributed by atoms with Gasteiger partial charge in [-0.3, -0.25) is 4.90 Å². The van der Waals surface area contributed by atoms with E-state index in [1.807, 2.05) is 30.3 Å². The predicted octanol–water partition coefficient (Wildman–Crippen LogP) is 4.17. The Hall–Kier alpha value is -2.24. The second-order valence-corrected chi connectivity index (χ2v) is 6.30. The fourth-order valence-corrected chi connectivity index (χ4v) is 3.46. The Kier molecular flexibility index (Phi) is 5.69. The molecular formula is C20H22ClFN2O2. The van der Waals surface area contributed by atoms with Crippen LogP contribution in [0.2, 0.25) is 0 Å². The van der Waals surface area contributed by atoms with Gasteiger partial charge in [0.05, 0.1) is 7.11 Å². The van der Waals surface area contributed by atoms with Crippen molar-refractivity contribution in [1.29, 1.82) is 0 Å². The zero-order chi connectivity index (χ0) is 17.2. The Bertz CT molecular complexity index is 897. The van der Waals surface area contributed by atoms with E-state index in [0.29, 0.717) is 6.61 Å². The molecule has 3 aromatic rings. The molecule has 2 aromatic carbocycles. The lowest BCUT2D eigenvalue weighted by Crippen LogP contribution is -2.33. The smallest absolute Gasteiger partial charge is 0.161 e. The van der Waals surface area contributed by atoms with Gasteiger partial charge in [-0.1, -0.05) is 12.1 Å². The van der Waals surface area contributed by atoms with Crippen molar-refractivity contribution >= 4 is 23.3 Å². The summed E-state index contributed by atoms with van der Waals surface area (Å²) in [6.45, 7) is 3.19. The molecule has 0 radical (unpaired) electrons. The van der Waals surface area contributed by atoms with Crippen LogP contribution in [0, 0.1) is 5.82 Å². The van der Waals surface area contributed by atoms with Crippen molar-refractivity contribution in [2.24, 2.45) is 0 Å². The first-order valence-corrected chi connectivity index (χ1v) is 8.52. The van der Waals surface area contributed by atoms with Gasteiger partial charge in [-0.2, -0.15) is 0 Å². The van der Waals surface area contributed by atoms with E-state index in [1.165, 1.54) is 17.3 Å². The number of halogens is 2. The quantitative estimate of drug-likeness (QED) is 0.726. The first kappa shape index (κ1) is 18.5. The van der Waals surface area contributed by atoms with Gasteiger partial charge in [-0.15, -0.1) is 12.4 Å². The van der Waals surface area contributed by atoms with E-state index in [9.17, 15) is 4.39 Å². The first-order chi connectivity index (χ1) is 12.2. The third kappa shape index (κ3) is 3.64. The van der Waals surface area contributed by atoms with Crippen molar-refractivity contribution < 1.29 is 13.9 Å². The van der Waals surface area contributed by atoms with Gasteiger partial charge < -0.3 is 14.5 Å². The number of aromatic nitrogens is 1. The summed E-state index contributed by atoms with van der Waals surface area (Å²) in [4.78, 5) is 5.76. The number of nitrogens with one attached hydrogen (secondary N) is 1. The minimum atomic E-state index is -0.189. The Morgan fingerprint density at radius 1 is 1.15 bits per heavy atom. The highest BCUT2D eigenvalue weighted by Gasteiger charge is 2.20. The molecule has 0 fully saturated rings. The Labute approximate surface area is 158 Å². The van der Waals surface area contributed by atoms with Crippen LogP contribution in [0.1, 0.15) is 11.3 Å². The van der Waals surface area contributed by atoms with Gasteiger partial charge in [0.2, 0.25) is 0 Å². The zero-order valence-corrected chi connectivity index (χ0v) is 15.4. The minimum Gasteiger partial charge on any atom is -0.493 e. The van der Waals surface area contributed by atoms with Crippen LogP contribution in [0.3, 0.4) is 0 Å². The maximum absolute atomic E-state index is 13.6. The highest BCUT2D eigenvalue weighted by Crippen LogP contribution is 2.29. The molecule has 0 unspecified atom stereocenters. The van der Waals surface area contributed by atoms with E-state index < -0.39 is 0 Å². The first-order valence-electron chi connectivity index (χ1n) is 8.52. The fourth-order valence-electron chi connectivity index (χ4n) is 3.46. The molecule has 0 saturated carbocycles. The SMILES string of the molecule is COc1ccccc1OCCN1CCc2[nH]c3ccc(F)cc3c2C1.Cl. The summed E-state index contributed by atoms with van der Waals surface area (Å²) in [6.07, 6.45) is 0.945. The van der Waals surface area contributed by atoms with Crippen molar-refractivity contribution in [3.05, 3.63) is 59.5 Å². The lowest BCUT2D eigenvalue weighted by atomic mass is 10.0. The summed E-state index contributed by atoms with van der Waals surface area (Å²) in [5, 5.41) is 0.991. The number of hydrogen-bond donors (Lipinski definition) is 1. The molecule has 0 aliphatic carbocycles. The van der Waals surface area contributed by atoms with Gasteiger partial charge >= 0.3 is 0 Å². The average Bonchev–Trinajstić information content (AvgIpc) is 2.99. The van der Waals surface area contributed by atoms with Gasteiger partial charge in [-0.05, 0) is 35.9 Å². The molecule has 0 spiro atoms. The summed E-state index contributed by atoms with van der Waals surface area (Å²) >= 11 is 0. The normalized spacial score (nSPS) is 13.9. The van der Waals surface area contributed by atoms with Gasteiger partial charge in [0, 0.05) is 42.7 Å². The molecule has 1 aliphatic rings. The maximum Gasteiger partial charge on any atom is 0.161 e. The Balaban J connectivity index is 0.00000196. The molecule has 4 rings (SSSR count).